The summed E-state index contributed by atoms with van der Waals surface area (Å²) in [4.78, 5) is 1.34. The lowest BCUT2D eigenvalue weighted by molar-refractivity contribution is 0.561. The van der Waals surface area contributed by atoms with Crippen LogP contribution in [0.15, 0.2) is 34.1 Å². The fraction of sp³-hybridized carbons (Fsp3) is 0.412. The zero-order valence-electron chi connectivity index (χ0n) is 11.5. The number of benzene rings is 1. The second kappa shape index (κ2) is 4.69. The van der Waals surface area contributed by atoms with Crippen LogP contribution >= 0.6 is 27.3 Å². The van der Waals surface area contributed by atoms with Gasteiger partial charge in [0.1, 0.15) is 0 Å². The number of fused-ring (bicyclic) bond motifs is 3. The Labute approximate surface area is 132 Å². The van der Waals surface area contributed by atoms with Crippen molar-refractivity contribution < 1.29 is 0 Å². The van der Waals surface area contributed by atoms with Gasteiger partial charge in [-0.1, -0.05) is 24.3 Å². The molecule has 4 unspecified atom stereocenters. The van der Waals surface area contributed by atoms with E-state index in [-0.39, 0.29) is 6.04 Å². The Bertz CT molecular complexity index is 643. The van der Waals surface area contributed by atoms with Gasteiger partial charge >= 0.3 is 0 Å². The van der Waals surface area contributed by atoms with Gasteiger partial charge in [-0.05, 0) is 76.2 Å². The Hall–Kier alpha value is -0.640. The van der Waals surface area contributed by atoms with Crippen LogP contribution in [0, 0.1) is 18.8 Å². The van der Waals surface area contributed by atoms with E-state index in [0.717, 1.165) is 5.92 Å². The molecule has 0 spiro atoms. The Morgan fingerprint density at radius 3 is 2.90 bits per heavy atom. The molecule has 1 fully saturated rings. The first-order chi connectivity index (χ1) is 9.66. The molecule has 0 radical (unpaired) electrons. The molecule has 1 aromatic heterocycles. The van der Waals surface area contributed by atoms with Gasteiger partial charge in [-0.15, -0.1) is 11.3 Å². The molecule has 0 bridgehead atoms. The van der Waals surface area contributed by atoms with E-state index in [9.17, 15) is 0 Å². The summed E-state index contributed by atoms with van der Waals surface area (Å²) in [5.74, 6) is 2.15. The van der Waals surface area contributed by atoms with Crippen LogP contribution in [0.5, 0.6) is 0 Å². The number of hydrogen-bond donors (Lipinski definition) is 1. The number of hydrogen-bond acceptors (Lipinski definition) is 2. The monoisotopic (exact) mass is 347 g/mol. The molecule has 1 heterocycles. The van der Waals surface area contributed by atoms with Gasteiger partial charge in [0.15, 0.2) is 0 Å². The Morgan fingerprint density at radius 1 is 1.35 bits per heavy atom. The van der Waals surface area contributed by atoms with Gasteiger partial charge in [0, 0.05) is 10.9 Å². The van der Waals surface area contributed by atoms with Crippen molar-refractivity contribution in [3.63, 3.8) is 0 Å². The zero-order chi connectivity index (χ0) is 13.9. The van der Waals surface area contributed by atoms with Crippen LogP contribution in [0.3, 0.4) is 0 Å². The van der Waals surface area contributed by atoms with Crippen LogP contribution in [0.4, 0.5) is 0 Å². The smallest absolute Gasteiger partial charge is 0.0731 e. The van der Waals surface area contributed by atoms with Crippen LogP contribution in [0.1, 0.15) is 39.9 Å². The van der Waals surface area contributed by atoms with E-state index in [4.69, 9.17) is 5.73 Å². The second-order valence-corrected chi connectivity index (χ2v) is 8.54. The largest absolute Gasteiger partial charge is 0.323 e. The summed E-state index contributed by atoms with van der Waals surface area (Å²) < 4.78 is 1.23. The van der Waals surface area contributed by atoms with Crippen LogP contribution in [0.2, 0.25) is 0 Å². The summed E-state index contributed by atoms with van der Waals surface area (Å²) in [5, 5.41) is 0. The molecule has 104 valence electrons. The molecule has 1 aromatic carbocycles. The molecule has 20 heavy (non-hydrogen) atoms. The lowest BCUT2D eigenvalue weighted by atomic mass is 9.92. The molecule has 1 saturated carbocycles. The Kier molecular flexibility index (Phi) is 3.06. The lowest BCUT2D eigenvalue weighted by Gasteiger charge is -2.13. The number of halogens is 1. The van der Waals surface area contributed by atoms with Crippen molar-refractivity contribution in [1.82, 2.24) is 0 Å². The molecule has 1 nitrogen and oxygen atoms in total. The van der Waals surface area contributed by atoms with Crippen molar-refractivity contribution in [3.05, 3.63) is 55.7 Å². The van der Waals surface area contributed by atoms with Crippen molar-refractivity contribution >= 4 is 27.3 Å². The zero-order valence-corrected chi connectivity index (χ0v) is 13.9. The van der Waals surface area contributed by atoms with Crippen molar-refractivity contribution in [3.8, 4) is 0 Å². The van der Waals surface area contributed by atoms with Gasteiger partial charge in [-0.2, -0.15) is 0 Å². The lowest BCUT2D eigenvalue weighted by Crippen LogP contribution is -2.12. The fourth-order valence-electron chi connectivity index (χ4n) is 3.95. The molecule has 2 aliphatic carbocycles. The maximum absolute atomic E-state index is 6.59. The highest BCUT2D eigenvalue weighted by Crippen LogP contribution is 2.64. The fourth-order valence-corrected chi connectivity index (χ4v) is 5.58. The topological polar surface area (TPSA) is 26.0 Å². The van der Waals surface area contributed by atoms with Crippen LogP contribution in [-0.2, 0) is 6.42 Å². The first-order valence-electron chi connectivity index (χ1n) is 7.26. The van der Waals surface area contributed by atoms with Gasteiger partial charge in [0.25, 0.3) is 0 Å². The molecule has 4 atom stereocenters. The Balaban J connectivity index is 1.63. The summed E-state index contributed by atoms with van der Waals surface area (Å²) >= 11 is 5.43. The molecule has 0 saturated heterocycles. The van der Waals surface area contributed by atoms with Gasteiger partial charge in [0.05, 0.1) is 3.79 Å². The quantitative estimate of drug-likeness (QED) is 0.829. The highest BCUT2D eigenvalue weighted by Gasteiger charge is 2.55. The maximum Gasteiger partial charge on any atom is 0.0731 e. The average molecular weight is 348 g/mol. The number of rotatable bonds is 2. The summed E-state index contributed by atoms with van der Waals surface area (Å²) in [6.45, 7) is 2.14. The third-order valence-electron chi connectivity index (χ3n) is 5.01. The number of thiophene rings is 1. The summed E-state index contributed by atoms with van der Waals surface area (Å²) in [6, 6.07) is 11.4. The summed E-state index contributed by atoms with van der Waals surface area (Å²) in [5.41, 5.74) is 11.0. The first kappa shape index (κ1) is 13.1. The van der Waals surface area contributed by atoms with Crippen molar-refractivity contribution in [1.29, 1.82) is 0 Å². The molecule has 2 aromatic rings. The normalized spacial score (nSPS) is 28.6. The highest BCUT2D eigenvalue weighted by molar-refractivity contribution is 9.11. The van der Waals surface area contributed by atoms with Gasteiger partial charge < -0.3 is 5.73 Å². The van der Waals surface area contributed by atoms with E-state index in [1.54, 1.807) is 11.1 Å². The number of aryl methyl sites for hydroxylation is 2. The molecule has 2 aliphatic rings. The van der Waals surface area contributed by atoms with E-state index in [0.29, 0.717) is 11.8 Å². The van der Waals surface area contributed by atoms with Crippen LogP contribution in [0.25, 0.3) is 0 Å². The van der Waals surface area contributed by atoms with Crippen molar-refractivity contribution in [2.24, 2.45) is 17.6 Å². The number of nitrogens with two attached hydrogens (primary N) is 1. The highest BCUT2D eigenvalue weighted by atomic mass is 79.9. The minimum Gasteiger partial charge on any atom is -0.323 e. The average Bonchev–Trinajstić information content (AvgIpc) is 3.11. The van der Waals surface area contributed by atoms with Crippen molar-refractivity contribution in [2.45, 2.75) is 31.7 Å². The SMILES string of the molecule is Cc1cc(C(N)C2C3CCc4ccccc4C32)sc1Br. The van der Waals surface area contributed by atoms with Gasteiger partial charge in [0.2, 0.25) is 0 Å². The van der Waals surface area contributed by atoms with Gasteiger partial charge in [-0.3, -0.25) is 0 Å². The molecule has 2 N–H and O–H groups in total. The van der Waals surface area contributed by atoms with E-state index in [1.165, 1.54) is 27.1 Å². The Morgan fingerprint density at radius 2 is 2.15 bits per heavy atom. The summed E-state index contributed by atoms with van der Waals surface area (Å²) in [7, 11) is 0. The van der Waals surface area contributed by atoms with E-state index < -0.39 is 0 Å². The third kappa shape index (κ3) is 1.91. The molecular weight excluding hydrogens is 330 g/mol. The molecule has 0 amide bonds. The van der Waals surface area contributed by atoms with Gasteiger partial charge in [-0.25, -0.2) is 0 Å². The second-order valence-electron chi connectivity index (χ2n) is 6.14. The minimum atomic E-state index is 0.200. The third-order valence-corrected chi connectivity index (χ3v) is 7.25. The molecule has 0 aliphatic heterocycles. The van der Waals surface area contributed by atoms with E-state index in [1.807, 2.05) is 11.3 Å². The van der Waals surface area contributed by atoms with E-state index in [2.05, 4.69) is 53.2 Å². The molecule has 3 heteroatoms. The summed E-state index contributed by atoms with van der Waals surface area (Å²) in [6.07, 6.45) is 2.54. The maximum atomic E-state index is 6.59. The predicted octanol–water partition coefficient (Wildman–Crippen LogP) is 4.79. The minimum absolute atomic E-state index is 0.200. The van der Waals surface area contributed by atoms with Crippen molar-refractivity contribution in [2.75, 3.05) is 0 Å². The van der Waals surface area contributed by atoms with E-state index >= 15 is 0 Å². The molecule has 4 rings (SSSR count). The van der Waals surface area contributed by atoms with Crippen LogP contribution in [-0.4, -0.2) is 0 Å². The standard InChI is InChI=1S/C17H18BrNS/c1-9-8-13(20-17(9)18)16(19)15-12-7-6-10-4-2-3-5-11(10)14(12)15/h2-5,8,12,14-16H,6-7,19H2,1H3. The predicted molar refractivity (Wildman–Crippen MR) is 88.2 cm³/mol. The first-order valence-corrected chi connectivity index (χ1v) is 8.87. The molecular formula is C17H18BrNS. The van der Waals surface area contributed by atoms with Crippen LogP contribution < -0.4 is 5.73 Å².